The Balaban J connectivity index is 0.00000274. The Morgan fingerprint density at radius 3 is 2.30 bits per heavy atom. The van der Waals surface area contributed by atoms with Crippen LogP contribution in [0, 0.1) is 12.7 Å². The minimum atomic E-state index is -1.13. The van der Waals surface area contributed by atoms with Gasteiger partial charge in [0.05, 0.1) is 19.2 Å². The van der Waals surface area contributed by atoms with E-state index in [1.807, 2.05) is 20.8 Å². The lowest BCUT2D eigenvalue weighted by Crippen LogP contribution is -2.42. The van der Waals surface area contributed by atoms with Crippen LogP contribution in [0.3, 0.4) is 0 Å². The van der Waals surface area contributed by atoms with Crippen LogP contribution in [0.15, 0.2) is 48.7 Å². The molecule has 0 radical (unpaired) electrons. The number of rotatable bonds is 10. The highest BCUT2D eigenvalue weighted by atomic mass is 35.5. The molecule has 0 saturated carbocycles. The molecule has 2 N–H and O–H groups in total. The van der Waals surface area contributed by atoms with Crippen molar-refractivity contribution in [2.24, 2.45) is 0 Å². The molecule has 1 unspecified atom stereocenters. The molecule has 0 spiro atoms. The van der Waals surface area contributed by atoms with Crippen molar-refractivity contribution in [2.75, 3.05) is 14.2 Å². The molecular weight excluding hydrogens is 543 g/mol. The fraction of sp³-hybridized carbons (Fsp3) is 0.345. The van der Waals surface area contributed by atoms with E-state index in [4.69, 9.17) is 30.5 Å². The predicted octanol–water partition coefficient (Wildman–Crippen LogP) is 5.80. The number of ether oxygens (including phenoxy) is 4. The van der Waals surface area contributed by atoms with Crippen LogP contribution >= 0.6 is 11.6 Å². The lowest BCUT2D eigenvalue weighted by Gasteiger charge is -2.28. The van der Waals surface area contributed by atoms with Crippen LogP contribution < -0.4 is 19.5 Å². The van der Waals surface area contributed by atoms with Crippen LogP contribution in [0.5, 0.6) is 23.0 Å². The fourth-order valence-corrected chi connectivity index (χ4v) is 3.89. The Hall–Kier alpha value is -4.05. The van der Waals surface area contributed by atoms with Gasteiger partial charge in [0.25, 0.3) is 5.91 Å². The van der Waals surface area contributed by atoms with Crippen molar-refractivity contribution in [2.45, 2.75) is 52.9 Å². The Morgan fingerprint density at radius 2 is 1.68 bits per heavy atom. The highest BCUT2D eigenvalue weighted by Crippen LogP contribution is 2.36. The van der Waals surface area contributed by atoms with E-state index in [2.05, 4.69) is 10.3 Å². The van der Waals surface area contributed by atoms with Crippen LogP contribution in [-0.2, 0) is 9.53 Å². The second-order valence-corrected chi connectivity index (χ2v) is 8.81. The maximum atomic E-state index is 13.9. The number of hydrogen-bond donors (Lipinski definition) is 2. The van der Waals surface area contributed by atoms with Crippen molar-refractivity contribution in [3.8, 4) is 23.0 Å². The summed E-state index contributed by atoms with van der Waals surface area (Å²) in [5.41, 5.74) is 1.01. The molecular formula is C29H34ClFN2O7. The number of aromatic nitrogens is 1. The third-order valence-electron chi connectivity index (χ3n) is 5.60. The average molecular weight is 577 g/mol. The molecule has 0 aliphatic rings. The molecule has 0 saturated heterocycles. The van der Waals surface area contributed by atoms with E-state index in [0.29, 0.717) is 16.3 Å². The molecule has 0 fully saturated rings. The second-order valence-electron chi connectivity index (χ2n) is 8.41. The first-order valence-corrected chi connectivity index (χ1v) is 12.9. The molecule has 1 aromatic heterocycles. The lowest BCUT2D eigenvalue weighted by atomic mass is 10.0. The van der Waals surface area contributed by atoms with Gasteiger partial charge < -0.3 is 29.4 Å². The van der Waals surface area contributed by atoms with Crippen molar-refractivity contribution in [1.82, 2.24) is 10.3 Å². The number of benzene rings is 2. The van der Waals surface area contributed by atoms with Crippen molar-refractivity contribution in [1.29, 1.82) is 0 Å². The standard InChI is InChI=1S/C27H28ClFN2O7.C2H6/c1-14-6-9-20(19(28)12-14)38-25(18-8-7-17(29)13-22(18)36-5)16(3)37-27(34)15(2)31-26(33)23-24(32)21(35-4)10-11-30-23;1-2/h6-13,15-16,25,32H,1-5H3,(H,31,33);1-2H3/t15-,16?,25-;/m0./s1. The number of halogens is 2. The molecule has 216 valence electrons. The first-order chi connectivity index (χ1) is 19.0. The summed E-state index contributed by atoms with van der Waals surface area (Å²) in [6.45, 7) is 8.86. The lowest BCUT2D eigenvalue weighted by molar-refractivity contribution is -0.154. The van der Waals surface area contributed by atoms with Gasteiger partial charge in [0.15, 0.2) is 23.3 Å². The maximum absolute atomic E-state index is 13.9. The largest absolute Gasteiger partial charge is 0.503 e. The Labute approximate surface area is 238 Å². The minimum Gasteiger partial charge on any atom is -0.503 e. The van der Waals surface area contributed by atoms with Gasteiger partial charge in [-0.1, -0.05) is 31.5 Å². The number of pyridine rings is 1. The second kappa shape index (κ2) is 14.9. The number of hydrogen-bond acceptors (Lipinski definition) is 8. The summed E-state index contributed by atoms with van der Waals surface area (Å²) in [6, 6.07) is 9.33. The van der Waals surface area contributed by atoms with E-state index in [1.165, 1.54) is 51.6 Å². The summed E-state index contributed by atoms with van der Waals surface area (Å²) in [5, 5.41) is 12.9. The van der Waals surface area contributed by atoms with Crippen molar-refractivity contribution >= 4 is 23.5 Å². The number of amides is 1. The fourth-order valence-electron chi connectivity index (χ4n) is 3.61. The summed E-state index contributed by atoms with van der Waals surface area (Å²) >= 11 is 6.36. The molecule has 9 nitrogen and oxygen atoms in total. The van der Waals surface area contributed by atoms with Gasteiger partial charge in [0.2, 0.25) is 0 Å². The van der Waals surface area contributed by atoms with Gasteiger partial charge in [-0.15, -0.1) is 0 Å². The molecule has 2 aromatic carbocycles. The number of aromatic hydroxyl groups is 1. The van der Waals surface area contributed by atoms with Crippen LogP contribution in [0.2, 0.25) is 5.02 Å². The van der Waals surface area contributed by atoms with E-state index in [9.17, 15) is 19.1 Å². The van der Waals surface area contributed by atoms with Crippen molar-refractivity contribution in [3.63, 3.8) is 0 Å². The number of esters is 1. The highest BCUT2D eigenvalue weighted by molar-refractivity contribution is 6.32. The summed E-state index contributed by atoms with van der Waals surface area (Å²) < 4.78 is 36.0. The van der Waals surface area contributed by atoms with Crippen molar-refractivity contribution < 1.29 is 38.0 Å². The van der Waals surface area contributed by atoms with Crippen LogP contribution in [0.1, 0.15) is 55.4 Å². The SMILES string of the molecule is CC.COc1cc(F)ccc1[C@@H](Oc1ccc(C)cc1Cl)C(C)OC(=O)[C@H](C)NC(=O)c1nccc(OC)c1O. The summed E-state index contributed by atoms with van der Waals surface area (Å²) in [4.78, 5) is 29.4. The topological polar surface area (TPSA) is 116 Å². The van der Waals surface area contributed by atoms with E-state index < -0.39 is 41.7 Å². The number of methoxy groups -OCH3 is 2. The predicted molar refractivity (Wildman–Crippen MR) is 149 cm³/mol. The number of nitrogens with zero attached hydrogens (tertiary/aromatic N) is 1. The van der Waals surface area contributed by atoms with Gasteiger partial charge in [0, 0.05) is 23.9 Å². The van der Waals surface area contributed by atoms with Gasteiger partial charge in [-0.05, 0) is 50.6 Å². The number of carbonyl (C=O) groups excluding carboxylic acids is 2. The molecule has 0 aliphatic carbocycles. The zero-order chi connectivity index (χ0) is 30.0. The number of nitrogens with one attached hydrogen (secondary N) is 1. The summed E-state index contributed by atoms with van der Waals surface area (Å²) in [7, 11) is 2.71. The van der Waals surface area contributed by atoms with Crippen molar-refractivity contribution in [3.05, 3.63) is 76.3 Å². The number of carbonyl (C=O) groups is 2. The monoisotopic (exact) mass is 576 g/mol. The molecule has 0 bridgehead atoms. The Bertz CT molecular complexity index is 1320. The minimum absolute atomic E-state index is 0.0528. The molecule has 3 aromatic rings. The normalized spacial score (nSPS) is 12.6. The molecule has 11 heteroatoms. The van der Waals surface area contributed by atoms with Crippen LogP contribution in [-0.4, -0.2) is 48.3 Å². The molecule has 3 rings (SSSR count). The van der Waals surface area contributed by atoms with E-state index in [-0.39, 0.29) is 17.2 Å². The quantitative estimate of drug-likeness (QED) is 0.291. The summed E-state index contributed by atoms with van der Waals surface area (Å²) in [6.07, 6.45) is -0.615. The van der Waals surface area contributed by atoms with Gasteiger partial charge >= 0.3 is 5.97 Å². The van der Waals surface area contributed by atoms with E-state index in [0.717, 1.165) is 5.56 Å². The van der Waals surface area contributed by atoms with Gasteiger partial charge in [0.1, 0.15) is 29.5 Å². The average Bonchev–Trinajstić information content (AvgIpc) is 2.93. The first-order valence-electron chi connectivity index (χ1n) is 12.5. The van der Waals surface area contributed by atoms with Crippen LogP contribution in [0.25, 0.3) is 0 Å². The molecule has 1 amide bonds. The Kier molecular flexibility index (Phi) is 12.0. The van der Waals surface area contributed by atoms with E-state index in [1.54, 1.807) is 25.1 Å². The zero-order valence-electron chi connectivity index (χ0n) is 23.5. The van der Waals surface area contributed by atoms with Gasteiger partial charge in [-0.25, -0.2) is 14.2 Å². The van der Waals surface area contributed by atoms with Gasteiger partial charge in [-0.2, -0.15) is 0 Å². The number of aryl methyl sites for hydroxylation is 1. The maximum Gasteiger partial charge on any atom is 0.328 e. The van der Waals surface area contributed by atoms with Gasteiger partial charge in [-0.3, -0.25) is 4.79 Å². The molecule has 3 atom stereocenters. The zero-order valence-corrected chi connectivity index (χ0v) is 24.2. The molecule has 0 aliphatic heterocycles. The first kappa shape index (κ1) is 32.2. The smallest absolute Gasteiger partial charge is 0.328 e. The van der Waals surface area contributed by atoms with Crippen LogP contribution in [0.4, 0.5) is 4.39 Å². The Morgan fingerprint density at radius 1 is 1.00 bits per heavy atom. The molecule has 1 heterocycles. The summed E-state index contributed by atoms with van der Waals surface area (Å²) in [5.74, 6) is -2.03. The third kappa shape index (κ3) is 7.98. The van der Waals surface area contributed by atoms with E-state index >= 15 is 0 Å². The third-order valence-corrected chi connectivity index (χ3v) is 5.89. The molecule has 40 heavy (non-hydrogen) atoms. The highest BCUT2D eigenvalue weighted by Gasteiger charge is 2.31.